The van der Waals surface area contributed by atoms with Crippen molar-refractivity contribution in [1.82, 2.24) is 15.2 Å². The van der Waals surface area contributed by atoms with Crippen LogP contribution in [0.5, 0.6) is 0 Å². The van der Waals surface area contributed by atoms with Gasteiger partial charge in [-0.05, 0) is 18.7 Å². The molecule has 0 spiro atoms. The Morgan fingerprint density at radius 3 is 2.94 bits per heavy atom. The maximum Gasteiger partial charge on any atom is 0.151 e. The van der Waals surface area contributed by atoms with Gasteiger partial charge in [-0.25, -0.2) is 4.98 Å². The predicted octanol–water partition coefficient (Wildman–Crippen LogP) is 2.25. The van der Waals surface area contributed by atoms with Crippen molar-refractivity contribution in [2.24, 2.45) is 5.73 Å². The minimum atomic E-state index is 0.564. The molecule has 0 aliphatic heterocycles. The van der Waals surface area contributed by atoms with Crippen molar-refractivity contribution in [3.8, 4) is 0 Å². The largest absolute Gasteiger partial charge is 0.330 e. The summed E-state index contributed by atoms with van der Waals surface area (Å²) in [6, 6.07) is 7.75. The highest BCUT2D eigenvalue weighted by molar-refractivity contribution is 7.98. The summed E-state index contributed by atoms with van der Waals surface area (Å²) in [5.41, 5.74) is 5.44. The number of benzene rings is 1. The number of aromatic nitrogens is 3. The Bertz CT molecular complexity index is 486. The highest BCUT2D eigenvalue weighted by Crippen LogP contribution is 2.28. The van der Waals surface area contributed by atoms with Gasteiger partial charge in [0.2, 0.25) is 0 Å². The Morgan fingerprint density at radius 2 is 2.18 bits per heavy atom. The third-order valence-corrected chi connectivity index (χ3v) is 3.67. The molecular weight excluding hydrogens is 256 g/mol. The first-order chi connectivity index (χ1) is 8.29. The number of hydrogen-bond acceptors (Lipinski definition) is 4. The smallest absolute Gasteiger partial charge is 0.151 e. The fourth-order valence-electron chi connectivity index (χ4n) is 1.35. The van der Waals surface area contributed by atoms with Gasteiger partial charge >= 0.3 is 0 Å². The van der Waals surface area contributed by atoms with Crippen molar-refractivity contribution in [2.75, 3.05) is 6.54 Å². The monoisotopic (exact) mass is 268 g/mol. The van der Waals surface area contributed by atoms with Gasteiger partial charge in [-0.1, -0.05) is 23.7 Å². The van der Waals surface area contributed by atoms with E-state index >= 15 is 0 Å². The molecule has 6 heteroatoms. The minimum absolute atomic E-state index is 0.564. The van der Waals surface area contributed by atoms with Crippen LogP contribution in [-0.4, -0.2) is 21.7 Å². The van der Waals surface area contributed by atoms with Gasteiger partial charge in [0.15, 0.2) is 5.82 Å². The molecule has 0 unspecified atom stereocenters. The predicted molar refractivity (Wildman–Crippen MR) is 70.2 cm³/mol. The summed E-state index contributed by atoms with van der Waals surface area (Å²) in [5.74, 6) is 2.34. The maximum atomic E-state index is 6.06. The normalized spacial score (nSPS) is 10.7. The molecule has 0 aliphatic carbocycles. The molecule has 2 aromatic rings. The Morgan fingerprint density at radius 1 is 1.35 bits per heavy atom. The lowest BCUT2D eigenvalue weighted by Gasteiger charge is -2.00. The zero-order valence-corrected chi connectivity index (χ0v) is 10.8. The lowest BCUT2D eigenvalue weighted by molar-refractivity contribution is 0.874. The molecular formula is C11H13ClN4S. The molecule has 17 heavy (non-hydrogen) atoms. The lowest BCUT2D eigenvalue weighted by atomic mass is 10.4. The van der Waals surface area contributed by atoms with E-state index in [0.717, 1.165) is 27.3 Å². The van der Waals surface area contributed by atoms with Crippen molar-refractivity contribution in [3.05, 3.63) is 40.9 Å². The molecule has 1 heterocycles. The van der Waals surface area contributed by atoms with Crippen LogP contribution in [0.15, 0.2) is 29.2 Å². The van der Waals surface area contributed by atoms with Crippen molar-refractivity contribution in [1.29, 1.82) is 0 Å². The summed E-state index contributed by atoms with van der Waals surface area (Å²) in [6.07, 6.45) is 0.702. The molecule has 0 bridgehead atoms. The van der Waals surface area contributed by atoms with Crippen molar-refractivity contribution in [2.45, 2.75) is 17.1 Å². The van der Waals surface area contributed by atoms with Crippen molar-refractivity contribution < 1.29 is 0 Å². The van der Waals surface area contributed by atoms with Gasteiger partial charge in [0.25, 0.3) is 0 Å². The zero-order valence-electron chi connectivity index (χ0n) is 9.19. The molecule has 0 aliphatic rings. The number of rotatable bonds is 5. The number of nitrogens with two attached hydrogens (primary N) is 1. The highest BCUT2D eigenvalue weighted by atomic mass is 35.5. The quantitative estimate of drug-likeness (QED) is 0.816. The summed E-state index contributed by atoms with van der Waals surface area (Å²) in [7, 11) is 0. The maximum absolute atomic E-state index is 6.06. The third-order valence-electron chi connectivity index (χ3n) is 2.15. The average Bonchev–Trinajstić information content (AvgIpc) is 2.76. The van der Waals surface area contributed by atoms with Crippen LogP contribution in [0, 0.1) is 0 Å². The van der Waals surface area contributed by atoms with Gasteiger partial charge in [0.1, 0.15) is 5.82 Å². The van der Waals surface area contributed by atoms with Crippen LogP contribution in [0.1, 0.15) is 11.6 Å². The number of aromatic amines is 1. The fraction of sp³-hybridized carbons (Fsp3) is 0.273. The summed E-state index contributed by atoms with van der Waals surface area (Å²) in [4.78, 5) is 5.38. The topological polar surface area (TPSA) is 67.6 Å². The number of halogens is 1. The number of thioether (sulfide) groups is 1. The molecule has 0 fully saturated rings. The number of hydrogen-bond donors (Lipinski definition) is 2. The zero-order chi connectivity index (χ0) is 12.1. The van der Waals surface area contributed by atoms with E-state index in [0.29, 0.717) is 13.0 Å². The summed E-state index contributed by atoms with van der Waals surface area (Å²) in [6.45, 7) is 0.564. The number of H-pyrrole nitrogens is 1. The van der Waals surface area contributed by atoms with E-state index in [4.69, 9.17) is 17.3 Å². The molecule has 90 valence electrons. The lowest BCUT2D eigenvalue weighted by Crippen LogP contribution is -2.03. The van der Waals surface area contributed by atoms with Crippen LogP contribution < -0.4 is 5.73 Å². The molecule has 2 rings (SSSR count). The molecule has 3 N–H and O–H groups in total. The van der Waals surface area contributed by atoms with Gasteiger partial charge in [-0.2, -0.15) is 5.10 Å². The summed E-state index contributed by atoms with van der Waals surface area (Å²) >= 11 is 7.70. The Hall–Kier alpha value is -1.04. The van der Waals surface area contributed by atoms with Crippen molar-refractivity contribution in [3.63, 3.8) is 0 Å². The van der Waals surface area contributed by atoms with E-state index in [1.54, 1.807) is 11.8 Å². The first-order valence-electron chi connectivity index (χ1n) is 5.27. The third kappa shape index (κ3) is 3.46. The fourth-order valence-corrected chi connectivity index (χ4v) is 2.45. The van der Waals surface area contributed by atoms with Crippen molar-refractivity contribution >= 4 is 23.4 Å². The molecule has 1 aromatic carbocycles. The Kier molecular flexibility index (Phi) is 4.42. The van der Waals surface area contributed by atoms with Crippen LogP contribution in [0.25, 0.3) is 0 Å². The first-order valence-corrected chi connectivity index (χ1v) is 6.63. The molecule has 1 aromatic heterocycles. The SMILES string of the molecule is NCCc1n[nH]c(CSc2ccccc2Cl)n1. The highest BCUT2D eigenvalue weighted by Gasteiger charge is 2.05. The summed E-state index contributed by atoms with van der Waals surface area (Å²) in [5, 5.41) is 7.74. The van der Waals surface area contributed by atoms with E-state index < -0.39 is 0 Å². The Labute approximate surface area is 109 Å². The van der Waals surface area contributed by atoms with Crippen LogP contribution >= 0.6 is 23.4 Å². The Balaban J connectivity index is 1.95. The van der Waals surface area contributed by atoms with Crippen LogP contribution in [-0.2, 0) is 12.2 Å². The second-order valence-electron chi connectivity index (χ2n) is 3.46. The number of nitrogens with zero attached hydrogens (tertiary/aromatic N) is 2. The summed E-state index contributed by atoms with van der Waals surface area (Å²) < 4.78 is 0. The van der Waals surface area contributed by atoms with E-state index in [9.17, 15) is 0 Å². The molecule has 0 saturated heterocycles. The van der Waals surface area contributed by atoms with Crippen LogP contribution in [0.2, 0.25) is 5.02 Å². The molecule has 4 nitrogen and oxygen atoms in total. The van der Waals surface area contributed by atoms with E-state index in [1.165, 1.54) is 0 Å². The molecule has 0 atom stereocenters. The van der Waals surface area contributed by atoms with Gasteiger partial charge < -0.3 is 5.73 Å². The number of nitrogens with one attached hydrogen (secondary N) is 1. The molecule has 0 amide bonds. The average molecular weight is 269 g/mol. The van der Waals surface area contributed by atoms with E-state index in [2.05, 4.69) is 15.2 Å². The molecule has 0 saturated carbocycles. The van der Waals surface area contributed by atoms with Gasteiger partial charge in [0, 0.05) is 11.3 Å². The second-order valence-corrected chi connectivity index (χ2v) is 4.88. The van der Waals surface area contributed by atoms with E-state index in [-0.39, 0.29) is 0 Å². The molecule has 0 radical (unpaired) electrons. The first kappa shape index (κ1) is 12.4. The van der Waals surface area contributed by atoms with Gasteiger partial charge in [-0.3, -0.25) is 5.10 Å². The van der Waals surface area contributed by atoms with Crippen LogP contribution in [0.3, 0.4) is 0 Å². The van der Waals surface area contributed by atoms with E-state index in [1.807, 2.05) is 24.3 Å². The second kappa shape index (κ2) is 6.05. The van der Waals surface area contributed by atoms with Gasteiger partial charge in [0.05, 0.1) is 10.8 Å². The standard InChI is InChI=1S/C11H13ClN4S/c12-8-3-1-2-4-9(8)17-7-11-14-10(5-6-13)15-16-11/h1-4H,5-7,13H2,(H,14,15,16). The minimum Gasteiger partial charge on any atom is -0.330 e. The van der Waals surface area contributed by atoms with Gasteiger partial charge in [-0.15, -0.1) is 11.8 Å². The van der Waals surface area contributed by atoms with Crippen LogP contribution in [0.4, 0.5) is 0 Å².